The number of carbonyl (C=O) groups is 2. The average Bonchev–Trinajstić information content (AvgIpc) is 3.30. The van der Waals surface area contributed by atoms with Crippen LogP contribution in [0.3, 0.4) is 0 Å². The zero-order valence-corrected chi connectivity index (χ0v) is 18.8. The van der Waals surface area contributed by atoms with E-state index in [0.29, 0.717) is 34.9 Å². The minimum Gasteiger partial charge on any atom is -0.494 e. The number of aromatic nitrogens is 2. The Morgan fingerprint density at radius 1 is 1.00 bits per heavy atom. The molecule has 0 aliphatic rings. The lowest BCUT2D eigenvalue weighted by Crippen LogP contribution is -2.32. The van der Waals surface area contributed by atoms with Crippen molar-refractivity contribution in [3.05, 3.63) is 96.4 Å². The lowest BCUT2D eigenvalue weighted by atomic mass is 10.1. The van der Waals surface area contributed by atoms with E-state index in [-0.39, 0.29) is 5.82 Å². The SMILES string of the molecule is CCOc1ccc(NC(=O)C(=O)N/N=C\c2cn(-c3ccccc3)nc2-c2ccc(F)cc2)cc1. The number of hydrogen-bond acceptors (Lipinski definition) is 5. The van der Waals surface area contributed by atoms with Gasteiger partial charge in [0.2, 0.25) is 0 Å². The molecule has 0 aliphatic carbocycles. The molecule has 0 spiro atoms. The molecule has 2 N–H and O–H groups in total. The van der Waals surface area contributed by atoms with E-state index in [4.69, 9.17) is 4.74 Å². The normalized spacial score (nSPS) is 10.8. The van der Waals surface area contributed by atoms with Crippen LogP contribution in [0.1, 0.15) is 12.5 Å². The molecule has 35 heavy (non-hydrogen) atoms. The van der Waals surface area contributed by atoms with Gasteiger partial charge in [-0.1, -0.05) is 18.2 Å². The minimum absolute atomic E-state index is 0.364. The van der Waals surface area contributed by atoms with Crippen LogP contribution in [0.2, 0.25) is 0 Å². The van der Waals surface area contributed by atoms with E-state index in [2.05, 4.69) is 20.9 Å². The van der Waals surface area contributed by atoms with Crippen molar-refractivity contribution >= 4 is 23.7 Å². The maximum Gasteiger partial charge on any atom is 0.329 e. The van der Waals surface area contributed by atoms with Crippen molar-refractivity contribution < 1.29 is 18.7 Å². The van der Waals surface area contributed by atoms with Crippen LogP contribution < -0.4 is 15.5 Å². The van der Waals surface area contributed by atoms with Gasteiger partial charge < -0.3 is 10.1 Å². The molecule has 4 rings (SSSR count). The van der Waals surface area contributed by atoms with Gasteiger partial charge in [-0.2, -0.15) is 10.2 Å². The van der Waals surface area contributed by atoms with E-state index >= 15 is 0 Å². The second-order valence-corrected chi connectivity index (χ2v) is 7.33. The van der Waals surface area contributed by atoms with E-state index in [0.717, 1.165) is 5.69 Å². The molecule has 176 valence electrons. The molecule has 9 heteroatoms. The summed E-state index contributed by atoms with van der Waals surface area (Å²) in [5, 5.41) is 11.0. The summed E-state index contributed by atoms with van der Waals surface area (Å²) in [6.07, 6.45) is 3.11. The number of ether oxygens (including phenoxy) is 1. The lowest BCUT2D eigenvalue weighted by molar-refractivity contribution is -0.136. The van der Waals surface area contributed by atoms with Crippen molar-refractivity contribution in [3.63, 3.8) is 0 Å². The fourth-order valence-corrected chi connectivity index (χ4v) is 3.23. The molecule has 1 aromatic heterocycles. The molecule has 2 amide bonds. The molecule has 3 aromatic carbocycles. The number of hydrazone groups is 1. The second kappa shape index (κ2) is 10.9. The van der Waals surface area contributed by atoms with Gasteiger partial charge in [0.15, 0.2) is 0 Å². The summed E-state index contributed by atoms with van der Waals surface area (Å²) in [6, 6.07) is 22.0. The highest BCUT2D eigenvalue weighted by Crippen LogP contribution is 2.23. The Hall–Kier alpha value is -4.79. The molecule has 4 aromatic rings. The summed E-state index contributed by atoms with van der Waals surface area (Å²) < 4.78 is 20.4. The first kappa shape index (κ1) is 23.4. The van der Waals surface area contributed by atoms with Crippen molar-refractivity contribution in [1.82, 2.24) is 15.2 Å². The zero-order chi connectivity index (χ0) is 24.6. The molecule has 0 atom stereocenters. The Balaban J connectivity index is 1.48. The van der Waals surface area contributed by atoms with Crippen molar-refractivity contribution in [2.24, 2.45) is 5.10 Å². The van der Waals surface area contributed by atoms with Gasteiger partial charge in [0, 0.05) is 23.0 Å². The van der Waals surface area contributed by atoms with Crippen molar-refractivity contribution in [2.75, 3.05) is 11.9 Å². The zero-order valence-electron chi connectivity index (χ0n) is 18.8. The van der Waals surface area contributed by atoms with E-state index < -0.39 is 11.8 Å². The third-order valence-electron chi connectivity index (χ3n) is 4.88. The third-order valence-corrected chi connectivity index (χ3v) is 4.88. The predicted octanol–water partition coefficient (Wildman–Crippen LogP) is 4.17. The maximum absolute atomic E-state index is 13.4. The first-order valence-electron chi connectivity index (χ1n) is 10.8. The van der Waals surface area contributed by atoms with Gasteiger partial charge in [-0.15, -0.1) is 0 Å². The summed E-state index contributed by atoms with van der Waals surface area (Å²) in [5.41, 5.74) is 5.24. The van der Waals surface area contributed by atoms with Gasteiger partial charge in [-0.3, -0.25) is 9.59 Å². The van der Waals surface area contributed by atoms with Gasteiger partial charge in [-0.05, 0) is 67.6 Å². The van der Waals surface area contributed by atoms with Gasteiger partial charge in [0.1, 0.15) is 17.3 Å². The molecule has 0 saturated heterocycles. The summed E-state index contributed by atoms with van der Waals surface area (Å²) >= 11 is 0. The molecule has 0 aliphatic heterocycles. The number of halogens is 1. The maximum atomic E-state index is 13.4. The molecular formula is C26H22FN5O3. The molecule has 0 fully saturated rings. The van der Waals surface area contributed by atoms with Crippen LogP contribution in [-0.2, 0) is 9.59 Å². The topological polar surface area (TPSA) is 97.6 Å². The summed E-state index contributed by atoms with van der Waals surface area (Å²) in [7, 11) is 0. The van der Waals surface area contributed by atoms with Crippen molar-refractivity contribution in [2.45, 2.75) is 6.92 Å². The molecule has 0 bridgehead atoms. The Morgan fingerprint density at radius 2 is 1.71 bits per heavy atom. The van der Waals surface area contributed by atoms with Crippen LogP contribution in [-0.4, -0.2) is 34.4 Å². The van der Waals surface area contributed by atoms with Gasteiger partial charge >= 0.3 is 11.8 Å². The number of nitrogens with zero attached hydrogens (tertiary/aromatic N) is 3. The predicted molar refractivity (Wildman–Crippen MR) is 131 cm³/mol. The quantitative estimate of drug-likeness (QED) is 0.240. The number of anilines is 1. The largest absolute Gasteiger partial charge is 0.494 e. The average molecular weight is 471 g/mol. The van der Waals surface area contributed by atoms with Gasteiger partial charge in [0.05, 0.1) is 18.5 Å². The van der Waals surface area contributed by atoms with Gasteiger partial charge in [0.25, 0.3) is 0 Å². The highest BCUT2D eigenvalue weighted by molar-refractivity contribution is 6.39. The number of nitrogens with one attached hydrogen (secondary N) is 2. The van der Waals surface area contributed by atoms with Crippen LogP contribution in [0.4, 0.5) is 10.1 Å². The van der Waals surface area contributed by atoms with Crippen molar-refractivity contribution in [1.29, 1.82) is 0 Å². The summed E-state index contributed by atoms with van der Waals surface area (Å²) in [4.78, 5) is 24.4. The van der Waals surface area contributed by atoms with Crippen LogP contribution in [0.15, 0.2) is 90.2 Å². The van der Waals surface area contributed by atoms with Crippen LogP contribution in [0.5, 0.6) is 5.75 Å². The van der Waals surface area contributed by atoms with Crippen LogP contribution in [0, 0.1) is 5.82 Å². The Bertz CT molecular complexity index is 1330. The Kier molecular flexibility index (Phi) is 7.27. The Labute approximate surface area is 201 Å². The number of hydrogen-bond donors (Lipinski definition) is 2. The molecule has 0 saturated carbocycles. The highest BCUT2D eigenvalue weighted by Gasteiger charge is 2.14. The summed E-state index contributed by atoms with van der Waals surface area (Å²) in [6.45, 7) is 2.40. The number of amides is 2. The third kappa shape index (κ3) is 5.97. The minimum atomic E-state index is -0.936. The lowest BCUT2D eigenvalue weighted by Gasteiger charge is -2.06. The summed E-state index contributed by atoms with van der Waals surface area (Å²) in [5.74, 6) is -1.51. The number of benzene rings is 3. The molecule has 0 unspecified atom stereocenters. The first-order valence-corrected chi connectivity index (χ1v) is 10.8. The van der Waals surface area contributed by atoms with E-state index in [1.165, 1.54) is 18.3 Å². The fraction of sp³-hybridized carbons (Fsp3) is 0.0769. The standard InChI is InChI=1S/C26H22FN5O3/c1-2-35-23-14-12-21(13-15-23)29-25(33)26(34)30-28-16-19-17-32(22-6-4-3-5-7-22)31-24(19)18-8-10-20(27)11-9-18/h3-17H,2H2,1H3,(H,29,33)(H,30,34)/b28-16-. The Morgan fingerprint density at radius 3 is 2.40 bits per heavy atom. The van der Waals surface area contributed by atoms with E-state index in [9.17, 15) is 14.0 Å². The molecular weight excluding hydrogens is 449 g/mol. The van der Waals surface area contributed by atoms with Crippen LogP contribution in [0.25, 0.3) is 16.9 Å². The molecule has 1 heterocycles. The first-order chi connectivity index (χ1) is 17.0. The molecule has 8 nitrogen and oxygen atoms in total. The van der Waals surface area contributed by atoms with Gasteiger partial charge in [-0.25, -0.2) is 14.5 Å². The van der Waals surface area contributed by atoms with Crippen molar-refractivity contribution in [3.8, 4) is 22.7 Å². The number of rotatable bonds is 7. The smallest absolute Gasteiger partial charge is 0.329 e. The monoisotopic (exact) mass is 471 g/mol. The molecule has 0 radical (unpaired) electrons. The van der Waals surface area contributed by atoms with E-state index in [1.807, 2.05) is 37.3 Å². The number of carbonyl (C=O) groups excluding carboxylic acids is 2. The van der Waals surface area contributed by atoms with Crippen LogP contribution >= 0.6 is 0 Å². The van der Waals surface area contributed by atoms with E-state index in [1.54, 1.807) is 47.3 Å². The highest BCUT2D eigenvalue weighted by atomic mass is 19.1. The second-order valence-electron chi connectivity index (χ2n) is 7.33. The number of para-hydroxylation sites is 1. The fourth-order valence-electron chi connectivity index (χ4n) is 3.23.